The largest absolute Gasteiger partial charge is 0.497 e. The minimum absolute atomic E-state index is 0.235. The van der Waals surface area contributed by atoms with E-state index in [1.54, 1.807) is 32.2 Å². The lowest BCUT2D eigenvalue weighted by atomic mass is 10.1. The highest BCUT2D eigenvalue weighted by Gasteiger charge is 2.34. The number of imide groups is 1. The molecule has 3 N–H and O–H groups in total. The summed E-state index contributed by atoms with van der Waals surface area (Å²) in [4.78, 5) is 42.5. The second-order valence-electron chi connectivity index (χ2n) is 7.30. The predicted octanol–water partition coefficient (Wildman–Crippen LogP) is 3.37. The van der Waals surface area contributed by atoms with Crippen molar-refractivity contribution in [3.05, 3.63) is 64.9 Å². The molecule has 0 bridgehead atoms. The van der Waals surface area contributed by atoms with Crippen molar-refractivity contribution in [1.82, 2.24) is 5.32 Å². The fourth-order valence-electron chi connectivity index (χ4n) is 3.18. The van der Waals surface area contributed by atoms with E-state index in [-0.39, 0.29) is 11.6 Å². The second-order valence-corrected chi connectivity index (χ2v) is 8.61. The van der Waals surface area contributed by atoms with Gasteiger partial charge in [-0.15, -0.1) is 0 Å². The summed E-state index contributed by atoms with van der Waals surface area (Å²) in [6, 6.07) is 12.1. The Morgan fingerprint density at radius 1 is 1.16 bits per heavy atom. The number of benzene rings is 2. The lowest BCUT2D eigenvalue weighted by molar-refractivity contribution is -0.119. The lowest BCUT2D eigenvalue weighted by Gasteiger charge is -2.20. The zero-order chi connectivity index (χ0) is 23.4. The lowest BCUT2D eigenvalue weighted by Crippen LogP contribution is -2.41. The van der Waals surface area contributed by atoms with Crippen LogP contribution in [0, 0.1) is 13.8 Å². The minimum atomic E-state index is -0.932. The molecule has 0 aliphatic carbocycles. The number of nitrogens with two attached hydrogens (primary N) is 1. The van der Waals surface area contributed by atoms with Gasteiger partial charge < -0.3 is 10.5 Å². The highest BCUT2D eigenvalue weighted by atomic mass is 32.2. The molecular formula is C23H24N4O4S. The third-order valence-corrected chi connectivity index (χ3v) is 5.66. The van der Waals surface area contributed by atoms with Crippen LogP contribution in [0.25, 0.3) is 6.08 Å². The first-order valence-electron chi connectivity index (χ1n) is 9.82. The van der Waals surface area contributed by atoms with Gasteiger partial charge in [-0.1, -0.05) is 30.0 Å². The Morgan fingerprint density at radius 3 is 2.34 bits per heavy atom. The number of aliphatic imine (C=N–C) groups is 1. The summed E-state index contributed by atoms with van der Waals surface area (Å²) in [5, 5.41) is 1.69. The summed E-state index contributed by atoms with van der Waals surface area (Å²) in [5.74, 6) is -0.169. The molecule has 9 heteroatoms. The monoisotopic (exact) mass is 452 g/mol. The molecule has 3 rings (SSSR count). The molecule has 166 valence electrons. The Morgan fingerprint density at radius 2 is 1.78 bits per heavy atom. The number of aryl methyl sites for hydroxylation is 2. The molecule has 1 unspecified atom stereocenters. The summed E-state index contributed by atoms with van der Waals surface area (Å²) in [6.07, 6.45) is 1.68. The molecule has 0 saturated heterocycles. The number of primary amides is 1. The molecular weight excluding hydrogens is 428 g/mol. The Balaban J connectivity index is 1.99. The third-order valence-electron chi connectivity index (χ3n) is 4.61. The van der Waals surface area contributed by atoms with E-state index in [2.05, 4.69) is 10.3 Å². The van der Waals surface area contributed by atoms with Crippen molar-refractivity contribution in [2.75, 3.05) is 12.0 Å². The summed E-state index contributed by atoms with van der Waals surface area (Å²) in [7, 11) is 1.58. The van der Waals surface area contributed by atoms with Crippen molar-refractivity contribution in [2.24, 2.45) is 10.7 Å². The van der Waals surface area contributed by atoms with Crippen LogP contribution in [-0.2, 0) is 9.59 Å². The maximum absolute atomic E-state index is 13.3. The molecule has 1 atom stereocenters. The first-order chi connectivity index (χ1) is 15.2. The Labute approximate surface area is 190 Å². The van der Waals surface area contributed by atoms with Gasteiger partial charge in [-0.25, -0.2) is 9.79 Å². The molecule has 0 radical (unpaired) electrons. The zero-order valence-electron chi connectivity index (χ0n) is 18.2. The van der Waals surface area contributed by atoms with E-state index >= 15 is 0 Å². The number of thioether (sulfide) groups is 1. The summed E-state index contributed by atoms with van der Waals surface area (Å²) >= 11 is 1.07. The molecule has 4 amide bonds. The maximum Gasteiger partial charge on any atom is 0.318 e. The highest BCUT2D eigenvalue weighted by molar-refractivity contribution is 8.15. The number of nitrogens with zero attached hydrogens (tertiary/aromatic N) is 2. The van der Waals surface area contributed by atoms with E-state index in [0.29, 0.717) is 16.6 Å². The van der Waals surface area contributed by atoms with Crippen molar-refractivity contribution in [3.8, 4) is 5.75 Å². The van der Waals surface area contributed by atoms with Gasteiger partial charge in [0, 0.05) is 0 Å². The fourth-order valence-corrected chi connectivity index (χ4v) is 4.10. The number of anilines is 1. The molecule has 1 heterocycles. The first kappa shape index (κ1) is 23.1. The maximum atomic E-state index is 13.3. The Kier molecular flexibility index (Phi) is 6.99. The molecule has 0 spiro atoms. The van der Waals surface area contributed by atoms with Crippen LogP contribution in [0.5, 0.6) is 5.75 Å². The van der Waals surface area contributed by atoms with Crippen LogP contribution >= 0.6 is 11.8 Å². The van der Waals surface area contributed by atoms with Gasteiger partial charge in [0.1, 0.15) is 11.4 Å². The molecule has 0 aromatic heterocycles. The molecule has 0 saturated carbocycles. The number of rotatable bonds is 5. The van der Waals surface area contributed by atoms with Crippen molar-refractivity contribution < 1.29 is 19.1 Å². The molecule has 8 nitrogen and oxygen atoms in total. The topological polar surface area (TPSA) is 114 Å². The average Bonchev–Trinajstić information content (AvgIpc) is 3.02. The van der Waals surface area contributed by atoms with Crippen molar-refractivity contribution in [3.63, 3.8) is 0 Å². The Bertz CT molecular complexity index is 1110. The van der Waals surface area contributed by atoms with Gasteiger partial charge in [-0.2, -0.15) is 0 Å². The Hall–Kier alpha value is -3.59. The average molecular weight is 453 g/mol. The van der Waals surface area contributed by atoms with Crippen LogP contribution in [0.1, 0.15) is 23.6 Å². The van der Waals surface area contributed by atoms with Gasteiger partial charge in [0.2, 0.25) is 5.91 Å². The zero-order valence-corrected chi connectivity index (χ0v) is 19.0. The van der Waals surface area contributed by atoms with E-state index in [0.717, 1.165) is 28.5 Å². The number of hydrogen-bond acceptors (Lipinski definition) is 6. The standard InChI is InChI=1S/C23H24N4O4S/c1-13-9-14(2)11-17(10-13)27-21(29)19(12-16-5-7-18(31-4)8-6-16)25-23(27)32-15(3)20(28)26-22(24)30/h5-12,15H,1-4H3,(H3,24,26,28,30)/b19-12-. The number of amides is 4. The normalized spacial score (nSPS) is 15.5. The molecule has 1 aliphatic rings. The molecule has 1 aliphatic heterocycles. The number of hydrogen-bond donors (Lipinski definition) is 2. The van der Waals surface area contributed by atoms with Gasteiger partial charge >= 0.3 is 6.03 Å². The van der Waals surface area contributed by atoms with Gasteiger partial charge in [0.15, 0.2) is 5.17 Å². The summed E-state index contributed by atoms with van der Waals surface area (Å²) in [6.45, 7) is 5.50. The van der Waals surface area contributed by atoms with Gasteiger partial charge in [0.05, 0.1) is 18.0 Å². The van der Waals surface area contributed by atoms with Crippen molar-refractivity contribution in [1.29, 1.82) is 0 Å². The summed E-state index contributed by atoms with van der Waals surface area (Å²) < 4.78 is 5.17. The third kappa shape index (κ3) is 5.36. The number of urea groups is 1. The number of amidine groups is 1. The van der Waals surface area contributed by atoms with Crippen LogP contribution in [-0.4, -0.2) is 35.4 Å². The minimum Gasteiger partial charge on any atom is -0.497 e. The highest BCUT2D eigenvalue weighted by Crippen LogP contribution is 2.32. The molecule has 2 aromatic carbocycles. The fraction of sp³-hybridized carbons (Fsp3) is 0.217. The van der Waals surface area contributed by atoms with E-state index in [9.17, 15) is 14.4 Å². The second kappa shape index (κ2) is 9.69. The molecule has 32 heavy (non-hydrogen) atoms. The first-order valence-corrected chi connectivity index (χ1v) is 10.7. The summed E-state index contributed by atoms with van der Waals surface area (Å²) in [5.41, 5.74) is 8.70. The molecule has 0 fully saturated rings. The number of nitrogens with one attached hydrogen (secondary N) is 1. The van der Waals surface area contributed by atoms with E-state index in [1.165, 1.54) is 4.90 Å². The van der Waals surface area contributed by atoms with Crippen LogP contribution in [0.3, 0.4) is 0 Å². The SMILES string of the molecule is COc1ccc(/C=C2\N=C(SC(C)C(=O)NC(N)=O)N(c3cc(C)cc(C)c3)C2=O)cc1. The van der Waals surface area contributed by atoms with E-state index in [4.69, 9.17) is 10.5 Å². The van der Waals surface area contributed by atoms with Crippen LogP contribution < -0.4 is 20.7 Å². The van der Waals surface area contributed by atoms with Gasteiger partial charge in [-0.3, -0.25) is 19.8 Å². The van der Waals surface area contributed by atoms with Crippen molar-refractivity contribution >= 4 is 46.5 Å². The quantitative estimate of drug-likeness (QED) is 0.675. The molecule has 2 aromatic rings. The van der Waals surface area contributed by atoms with Gasteiger partial charge in [-0.05, 0) is 67.8 Å². The van der Waals surface area contributed by atoms with E-state index in [1.807, 2.05) is 44.2 Å². The predicted molar refractivity (Wildman–Crippen MR) is 127 cm³/mol. The number of carbonyl (C=O) groups is 3. The number of ether oxygens (including phenoxy) is 1. The van der Waals surface area contributed by atoms with Gasteiger partial charge in [0.25, 0.3) is 5.91 Å². The van der Waals surface area contributed by atoms with Crippen LogP contribution in [0.2, 0.25) is 0 Å². The van der Waals surface area contributed by atoms with Crippen molar-refractivity contribution in [2.45, 2.75) is 26.0 Å². The van der Waals surface area contributed by atoms with Crippen LogP contribution in [0.4, 0.5) is 10.5 Å². The number of methoxy groups -OCH3 is 1. The van der Waals surface area contributed by atoms with Crippen LogP contribution in [0.15, 0.2) is 53.2 Å². The smallest absolute Gasteiger partial charge is 0.318 e. The van der Waals surface area contributed by atoms with E-state index < -0.39 is 17.2 Å². The number of carbonyl (C=O) groups excluding carboxylic acids is 3.